The number of nitrogens with two attached hydrogens (primary N) is 1. The van der Waals surface area contributed by atoms with Crippen LogP contribution in [0.4, 0.5) is 0 Å². The first-order chi connectivity index (χ1) is 8.49. The van der Waals surface area contributed by atoms with Crippen molar-refractivity contribution in [3.05, 3.63) is 33.2 Å². The molecule has 7 heteroatoms. The Balaban J connectivity index is 2.92. The van der Waals surface area contributed by atoms with E-state index in [9.17, 15) is 14.4 Å². The summed E-state index contributed by atoms with van der Waals surface area (Å²) in [6.07, 6.45) is 0.519. The summed E-state index contributed by atoms with van der Waals surface area (Å²) in [5.74, 6) is -0.999. The lowest BCUT2D eigenvalue weighted by Gasteiger charge is -2.09. The van der Waals surface area contributed by atoms with E-state index in [4.69, 9.17) is 5.73 Å². The largest absolute Gasteiger partial charge is 0.325 e. The predicted molar refractivity (Wildman–Crippen MR) is 65.8 cm³/mol. The monoisotopic (exact) mass is 252 g/mol. The number of aromatic nitrogens is 1. The van der Waals surface area contributed by atoms with Crippen molar-refractivity contribution in [1.82, 2.24) is 15.8 Å². The number of aryl methyl sites for hydroxylation is 2. The van der Waals surface area contributed by atoms with E-state index in [-0.39, 0.29) is 12.1 Å². The van der Waals surface area contributed by atoms with E-state index in [0.717, 1.165) is 0 Å². The van der Waals surface area contributed by atoms with Crippen LogP contribution >= 0.6 is 0 Å². The number of carbonyl (C=O) groups is 2. The highest BCUT2D eigenvalue weighted by Gasteiger charge is 2.12. The highest BCUT2D eigenvalue weighted by molar-refractivity contribution is 5.96. The Morgan fingerprint density at radius 3 is 2.61 bits per heavy atom. The lowest BCUT2D eigenvalue weighted by atomic mass is 10.1. The minimum Gasteiger partial charge on any atom is -0.325 e. The summed E-state index contributed by atoms with van der Waals surface area (Å²) in [6, 6.07) is 1.51. The van der Waals surface area contributed by atoms with Gasteiger partial charge in [-0.1, -0.05) is 6.92 Å². The van der Waals surface area contributed by atoms with Crippen LogP contribution in [0.3, 0.4) is 0 Å². The number of hydrogen-bond donors (Lipinski definition) is 4. The zero-order valence-corrected chi connectivity index (χ0v) is 10.3. The molecule has 0 unspecified atom stereocenters. The molecule has 1 heterocycles. The second-order valence-corrected chi connectivity index (χ2v) is 3.72. The third-order valence-corrected chi connectivity index (χ3v) is 2.44. The van der Waals surface area contributed by atoms with Crippen LogP contribution < -0.4 is 22.1 Å². The minimum atomic E-state index is -0.500. The number of hydrogen-bond acceptors (Lipinski definition) is 4. The summed E-state index contributed by atoms with van der Waals surface area (Å²) in [7, 11) is 0. The van der Waals surface area contributed by atoms with Crippen molar-refractivity contribution in [3.8, 4) is 0 Å². The van der Waals surface area contributed by atoms with Crippen molar-refractivity contribution in [2.75, 3.05) is 6.54 Å². The SMILES string of the molecule is CCc1cc(C(=O)NNC(=O)CN)c(C)[nH]c1=O. The van der Waals surface area contributed by atoms with E-state index in [2.05, 4.69) is 15.8 Å². The van der Waals surface area contributed by atoms with Crippen molar-refractivity contribution in [1.29, 1.82) is 0 Å². The molecule has 0 bridgehead atoms. The number of nitrogens with one attached hydrogen (secondary N) is 3. The molecule has 0 aromatic carbocycles. The van der Waals surface area contributed by atoms with Gasteiger partial charge in [-0.3, -0.25) is 25.2 Å². The van der Waals surface area contributed by atoms with E-state index in [1.165, 1.54) is 6.07 Å². The minimum absolute atomic E-state index is 0.211. The van der Waals surface area contributed by atoms with Crippen LogP contribution in [0, 0.1) is 6.92 Å². The average molecular weight is 252 g/mol. The Labute approximate surface area is 104 Å². The third-order valence-electron chi connectivity index (χ3n) is 2.44. The van der Waals surface area contributed by atoms with Crippen LogP contribution in [0.5, 0.6) is 0 Å². The van der Waals surface area contributed by atoms with Crippen molar-refractivity contribution < 1.29 is 9.59 Å². The molecule has 7 nitrogen and oxygen atoms in total. The maximum atomic E-state index is 11.8. The molecule has 0 fully saturated rings. The van der Waals surface area contributed by atoms with Gasteiger partial charge >= 0.3 is 0 Å². The van der Waals surface area contributed by atoms with Crippen LogP contribution in [-0.2, 0) is 11.2 Å². The molecular formula is C11H16N4O3. The Morgan fingerprint density at radius 1 is 1.39 bits per heavy atom. The third kappa shape index (κ3) is 3.17. The first-order valence-electron chi connectivity index (χ1n) is 5.51. The van der Waals surface area contributed by atoms with Gasteiger partial charge in [-0.2, -0.15) is 0 Å². The normalized spacial score (nSPS) is 9.94. The fourth-order valence-electron chi connectivity index (χ4n) is 1.41. The Morgan fingerprint density at radius 2 is 2.06 bits per heavy atom. The Bertz CT molecular complexity index is 522. The van der Waals surface area contributed by atoms with Gasteiger partial charge in [-0.25, -0.2) is 0 Å². The lowest BCUT2D eigenvalue weighted by Crippen LogP contribution is -2.44. The average Bonchev–Trinajstić information content (AvgIpc) is 2.35. The smallest absolute Gasteiger partial charge is 0.271 e. The molecule has 0 spiro atoms. The molecule has 1 aromatic heterocycles. The molecule has 0 saturated heterocycles. The van der Waals surface area contributed by atoms with E-state index in [1.807, 2.05) is 6.92 Å². The molecule has 0 aliphatic rings. The number of rotatable bonds is 3. The maximum Gasteiger partial charge on any atom is 0.271 e. The van der Waals surface area contributed by atoms with Crippen molar-refractivity contribution >= 4 is 11.8 Å². The number of amides is 2. The Hall–Kier alpha value is -2.15. The molecular weight excluding hydrogens is 236 g/mol. The molecule has 0 radical (unpaired) electrons. The van der Waals surface area contributed by atoms with E-state index in [0.29, 0.717) is 23.2 Å². The molecule has 1 aromatic rings. The zero-order chi connectivity index (χ0) is 13.7. The van der Waals surface area contributed by atoms with E-state index >= 15 is 0 Å². The summed E-state index contributed by atoms with van der Waals surface area (Å²) in [5.41, 5.74) is 10.5. The van der Waals surface area contributed by atoms with Crippen LogP contribution in [-0.4, -0.2) is 23.3 Å². The molecule has 98 valence electrons. The van der Waals surface area contributed by atoms with Gasteiger partial charge in [0.25, 0.3) is 17.4 Å². The summed E-state index contributed by atoms with van der Waals surface area (Å²) in [4.78, 5) is 36.7. The van der Waals surface area contributed by atoms with Crippen molar-refractivity contribution in [2.24, 2.45) is 5.73 Å². The van der Waals surface area contributed by atoms with Gasteiger partial charge in [0.15, 0.2) is 0 Å². The standard InChI is InChI=1S/C11H16N4O3/c1-3-7-4-8(6(2)13-10(7)17)11(18)15-14-9(16)5-12/h4H,3,5,12H2,1-2H3,(H,13,17)(H,14,16)(H,15,18). The first kappa shape index (κ1) is 13.9. The van der Waals surface area contributed by atoms with Crippen LogP contribution in [0.1, 0.15) is 28.5 Å². The molecule has 1 rings (SSSR count). The van der Waals surface area contributed by atoms with Crippen LogP contribution in [0.25, 0.3) is 0 Å². The number of carbonyl (C=O) groups excluding carboxylic acids is 2. The number of H-pyrrole nitrogens is 1. The Kier molecular flexibility index (Phi) is 4.61. The van der Waals surface area contributed by atoms with E-state index in [1.54, 1.807) is 6.92 Å². The fraction of sp³-hybridized carbons (Fsp3) is 0.364. The van der Waals surface area contributed by atoms with Crippen LogP contribution in [0.15, 0.2) is 10.9 Å². The summed E-state index contributed by atoms with van der Waals surface area (Å²) >= 11 is 0. The number of hydrazine groups is 1. The fourth-order valence-corrected chi connectivity index (χ4v) is 1.41. The van der Waals surface area contributed by atoms with Gasteiger partial charge in [-0.15, -0.1) is 0 Å². The quantitative estimate of drug-likeness (QED) is 0.514. The van der Waals surface area contributed by atoms with Gasteiger partial charge < -0.3 is 10.7 Å². The first-order valence-corrected chi connectivity index (χ1v) is 5.51. The second kappa shape index (κ2) is 5.97. The van der Waals surface area contributed by atoms with Gasteiger partial charge in [0.05, 0.1) is 12.1 Å². The van der Waals surface area contributed by atoms with Gasteiger partial charge in [0, 0.05) is 11.3 Å². The van der Waals surface area contributed by atoms with Gasteiger partial charge in [0.2, 0.25) is 0 Å². The van der Waals surface area contributed by atoms with Gasteiger partial charge in [-0.05, 0) is 19.4 Å². The zero-order valence-electron chi connectivity index (χ0n) is 10.3. The molecule has 0 aliphatic heterocycles. The predicted octanol–water partition coefficient (Wildman–Crippen LogP) is -1.03. The lowest BCUT2D eigenvalue weighted by molar-refractivity contribution is -0.120. The molecule has 0 atom stereocenters. The van der Waals surface area contributed by atoms with Gasteiger partial charge in [0.1, 0.15) is 0 Å². The molecule has 0 aliphatic carbocycles. The topological polar surface area (TPSA) is 117 Å². The number of aromatic amines is 1. The van der Waals surface area contributed by atoms with Crippen molar-refractivity contribution in [2.45, 2.75) is 20.3 Å². The number of pyridine rings is 1. The highest BCUT2D eigenvalue weighted by Crippen LogP contribution is 2.05. The maximum absolute atomic E-state index is 11.8. The molecule has 5 N–H and O–H groups in total. The molecule has 0 saturated carbocycles. The van der Waals surface area contributed by atoms with Crippen molar-refractivity contribution in [3.63, 3.8) is 0 Å². The molecule has 18 heavy (non-hydrogen) atoms. The summed E-state index contributed by atoms with van der Waals surface area (Å²) in [6.45, 7) is 3.21. The summed E-state index contributed by atoms with van der Waals surface area (Å²) in [5, 5.41) is 0. The molecule has 2 amide bonds. The summed E-state index contributed by atoms with van der Waals surface area (Å²) < 4.78 is 0. The second-order valence-electron chi connectivity index (χ2n) is 3.72. The van der Waals surface area contributed by atoms with E-state index < -0.39 is 11.8 Å². The highest BCUT2D eigenvalue weighted by atomic mass is 16.2. The van der Waals surface area contributed by atoms with Crippen LogP contribution in [0.2, 0.25) is 0 Å².